The Labute approximate surface area is 165 Å². The molecular weight excluding hydrogens is 375 g/mol. The quantitative estimate of drug-likeness (QED) is 0.758. The highest BCUT2D eigenvalue weighted by molar-refractivity contribution is 6.35. The lowest BCUT2D eigenvalue weighted by atomic mass is 9.99. The van der Waals surface area contributed by atoms with Crippen molar-refractivity contribution in [2.24, 2.45) is 0 Å². The topological polar surface area (TPSA) is 42.0 Å². The van der Waals surface area contributed by atoms with E-state index in [0.29, 0.717) is 27.9 Å². The van der Waals surface area contributed by atoms with Crippen LogP contribution in [-0.2, 0) is 9.53 Å². The average Bonchev–Trinajstić information content (AvgIpc) is 2.67. The summed E-state index contributed by atoms with van der Waals surface area (Å²) in [5.41, 5.74) is 0. The van der Waals surface area contributed by atoms with Crippen molar-refractivity contribution in [1.29, 1.82) is 0 Å². The molecule has 2 saturated heterocycles. The van der Waals surface area contributed by atoms with E-state index in [-0.39, 0.29) is 12.5 Å². The zero-order valence-corrected chi connectivity index (χ0v) is 16.6. The number of ether oxygens (including phenoxy) is 2. The van der Waals surface area contributed by atoms with E-state index >= 15 is 0 Å². The molecule has 2 fully saturated rings. The van der Waals surface area contributed by atoms with E-state index in [1.807, 2.05) is 4.90 Å². The number of rotatable bonds is 5. The lowest BCUT2D eigenvalue weighted by molar-refractivity contribution is -0.135. The highest BCUT2D eigenvalue weighted by Crippen LogP contribution is 2.28. The first-order valence-electron chi connectivity index (χ1n) is 9.19. The van der Waals surface area contributed by atoms with Gasteiger partial charge in [-0.15, -0.1) is 0 Å². The molecule has 26 heavy (non-hydrogen) atoms. The molecule has 0 aliphatic carbocycles. The molecule has 3 rings (SSSR count). The second-order valence-electron chi connectivity index (χ2n) is 6.95. The van der Waals surface area contributed by atoms with Crippen molar-refractivity contribution in [3.05, 3.63) is 28.2 Å². The summed E-state index contributed by atoms with van der Waals surface area (Å²) < 4.78 is 11.0. The largest absolute Gasteiger partial charge is 0.482 e. The first-order chi connectivity index (χ1) is 12.6. The van der Waals surface area contributed by atoms with Crippen LogP contribution in [0.3, 0.4) is 0 Å². The summed E-state index contributed by atoms with van der Waals surface area (Å²) >= 11 is 11.9. The van der Waals surface area contributed by atoms with Crippen molar-refractivity contribution < 1.29 is 14.3 Å². The molecule has 144 valence electrons. The fourth-order valence-electron chi connectivity index (χ4n) is 3.78. The number of amides is 1. The summed E-state index contributed by atoms with van der Waals surface area (Å²) in [6.45, 7) is 3.76. The Hall–Kier alpha value is -1.01. The van der Waals surface area contributed by atoms with E-state index in [1.54, 1.807) is 25.3 Å². The summed E-state index contributed by atoms with van der Waals surface area (Å²) in [5.74, 6) is 0.493. The molecule has 1 amide bonds. The van der Waals surface area contributed by atoms with Crippen molar-refractivity contribution in [2.45, 2.75) is 37.8 Å². The van der Waals surface area contributed by atoms with E-state index in [2.05, 4.69) is 4.90 Å². The number of nitrogens with zero attached hydrogens (tertiary/aromatic N) is 2. The Morgan fingerprint density at radius 1 is 1.12 bits per heavy atom. The van der Waals surface area contributed by atoms with E-state index in [9.17, 15) is 4.79 Å². The van der Waals surface area contributed by atoms with Crippen molar-refractivity contribution >= 4 is 29.1 Å². The van der Waals surface area contributed by atoms with Gasteiger partial charge in [-0.05, 0) is 43.9 Å². The number of hydrogen-bond donors (Lipinski definition) is 0. The molecule has 1 aromatic carbocycles. The SMILES string of the molecule is COC1CCN(C2CCN(C(=O)COc3ccc(Cl)cc3Cl)CC2)CC1. The van der Waals surface area contributed by atoms with Crippen LogP contribution in [0.15, 0.2) is 18.2 Å². The lowest BCUT2D eigenvalue weighted by Gasteiger charge is -2.41. The molecular formula is C19H26Cl2N2O3. The Morgan fingerprint density at radius 2 is 1.81 bits per heavy atom. The number of methoxy groups -OCH3 is 1. The first kappa shape index (κ1) is 19.7. The Bertz CT molecular complexity index is 613. The van der Waals surface area contributed by atoms with Gasteiger partial charge in [0.1, 0.15) is 5.75 Å². The third-order valence-corrected chi connectivity index (χ3v) is 5.92. The zero-order valence-electron chi connectivity index (χ0n) is 15.1. The molecule has 7 heteroatoms. The van der Waals surface area contributed by atoms with Gasteiger partial charge in [0.25, 0.3) is 5.91 Å². The summed E-state index contributed by atoms with van der Waals surface area (Å²) in [7, 11) is 1.80. The van der Waals surface area contributed by atoms with Crippen LogP contribution in [0.2, 0.25) is 10.0 Å². The number of piperidine rings is 2. The molecule has 2 aliphatic heterocycles. The van der Waals surface area contributed by atoms with E-state index in [1.165, 1.54) is 0 Å². The van der Waals surface area contributed by atoms with Gasteiger partial charge in [-0.25, -0.2) is 0 Å². The first-order valence-corrected chi connectivity index (χ1v) is 9.95. The monoisotopic (exact) mass is 400 g/mol. The summed E-state index contributed by atoms with van der Waals surface area (Å²) in [4.78, 5) is 16.9. The van der Waals surface area contributed by atoms with E-state index < -0.39 is 0 Å². The van der Waals surface area contributed by atoms with Gasteiger partial charge in [0.05, 0.1) is 11.1 Å². The standard InChI is InChI=1S/C19H26Cl2N2O3/c1-25-16-6-10-22(11-7-16)15-4-8-23(9-5-15)19(24)13-26-18-3-2-14(20)12-17(18)21/h2-3,12,15-16H,4-11,13H2,1H3. The number of halogens is 2. The van der Waals surface area contributed by atoms with Crippen molar-refractivity contribution in [3.63, 3.8) is 0 Å². The van der Waals surface area contributed by atoms with Crippen LogP contribution in [-0.4, -0.2) is 67.7 Å². The number of hydrogen-bond acceptors (Lipinski definition) is 4. The van der Waals surface area contributed by atoms with Gasteiger partial charge in [0, 0.05) is 44.4 Å². The summed E-state index contributed by atoms with van der Waals surface area (Å²) in [6.07, 6.45) is 4.65. The Morgan fingerprint density at radius 3 is 2.42 bits per heavy atom. The Kier molecular flexibility index (Phi) is 7.04. The van der Waals surface area contributed by atoms with E-state index in [4.69, 9.17) is 32.7 Å². The highest BCUT2D eigenvalue weighted by atomic mass is 35.5. The summed E-state index contributed by atoms with van der Waals surface area (Å²) in [5, 5.41) is 0.966. The smallest absolute Gasteiger partial charge is 0.260 e. The maximum Gasteiger partial charge on any atom is 0.260 e. The number of carbonyl (C=O) groups excluding carboxylic acids is 1. The number of likely N-dealkylation sites (tertiary alicyclic amines) is 2. The molecule has 1 aromatic rings. The van der Waals surface area contributed by atoms with Gasteiger partial charge in [-0.2, -0.15) is 0 Å². The normalized spacial score (nSPS) is 20.3. The maximum atomic E-state index is 12.4. The van der Waals surface area contributed by atoms with Gasteiger partial charge in [0.15, 0.2) is 6.61 Å². The maximum absolute atomic E-state index is 12.4. The van der Waals surface area contributed by atoms with E-state index in [0.717, 1.165) is 51.9 Å². The zero-order chi connectivity index (χ0) is 18.5. The minimum absolute atomic E-state index is 0.00521. The Balaban J connectivity index is 1.42. The minimum atomic E-state index is 0.00521. The van der Waals surface area contributed by atoms with Gasteiger partial charge >= 0.3 is 0 Å². The van der Waals surface area contributed by atoms with Crippen molar-refractivity contribution in [3.8, 4) is 5.75 Å². The fraction of sp³-hybridized carbons (Fsp3) is 0.632. The van der Waals surface area contributed by atoms with Crippen LogP contribution in [0, 0.1) is 0 Å². The molecule has 0 spiro atoms. The molecule has 5 nitrogen and oxygen atoms in total. The lowest BCUT2D eigenvalue weighted by Crippen LogP contribution is -2.50. The minimum Gasteiger partial charge on any atom is -0.482 e. The van der Waals surface area contributed by atoms with Crippen LogP contribution in [0.25, 0.3) is 0 Å². The molecule has 2 aliphatic rings. The van der Waals surface area contributed by atoms with Gasteiger partial charge in [-0.3, -0.25) is 4.79 Å². The van der Waals surface area contributed by atoms with Crippen molar-refractivity contribution in [1.82, 2.24) is 9.80 Å². The number of benzene rings is 1. The fourth-order valence-corrected chi connectivity index (χ4v) is 4.24. The highest BCUT2D eigenvalue weighted by Gasteiger charge is 2.29. The predicted molar refractivity (Wildman–Crippen MR) is 103 cm³/mol. The summed E-state index contributed by atoms with van der Waals surface area (Å²) in [6, 6.07) is 5.57. The van der Waals surface area contributed by atoms with Gasteiger partial charge < -0.3 is 19.3 Å². The number of carbonyl (C=O) groups is 1. The van der Waals surface area contributed by atoms with Crippen LogP contribution >= 0.6 is 23.2 Å². The molecule has 0 N–H and O–H groups in total. The third kappa shape index (κ3) is 5.03. The van der Waals surface area contributed by atoms with Crippen molar-refractivity contribution in [2.75, 3.05) is 39.9 Å². The van der Waals surface area contributed by atoms with Crippen LogP contribution in [0.1, 0.15) is 25.7 Å². The predicted octanol–water partition coefficient (Wildman–Crippen LogP) is 3.47. The molecule has 2 heterocycles. The average molecular weight is 401 g/mol. The van der Waals surface area contributed by atoms with Crippen LogP contribution in [0.4, 0.5) is 0 Å². The molecule has 0 radical (unpaired) electrons. The van der Waals surface area contributed by atoms with Crippen LogP contribution < -0.4 is 4.74 Å². The molecule has 0 unspecified atom stereocenters. The molecule has 0 saturated carbocycles. The molecule has 0 atom stereocenters. The van der Waals surface area contributed by atoms with Gasteiger partial charge in [0.2, 0.25) is 0 Å². The second-order valence-corrected chi connectivity index (χ2v) is 7.79. The van der Waals surface area contributed by atoms with Gasteiger partial charge in [-0.1, -0.05) is 23.2 Å². The molecule has 0 aromatic heterocycles. The van der Waals surface area contributed by atoms with Crippen LogP contribution in [0.5, 0.6) is 5.75 Å². The third-order valence-electron chi connectivity index (χ3n) is 5.39. The second kappa shape index (κ2) is 9.27. The molecule has 0 bridgehead atoms.